The van der Waals surface area contributed by atoms with E-state index in [1.165, 1.54) is 24.8 Å². The van der Waals surface area contributed by atoms with E-state index >= 15 is 0 Å². The van der Waals surface area contributed by atoms with E-state index in [1.807, 2.05) is 0 Å². The van der Waals surface area contributed by atoms with Crippen LogP contribution >= 0.6 is 0 Å². The Balaban J connectivity index is 2.05. The van der Waals surface area contributed by atoms with Crippen LogP contribution in [0.4, 0.5) is 4.39 Å². The van der Waals surface area contributed by atoms with Crippen LogP contribution in [0.5, 0.6) is 5.75 Å². The topological polar surface area (TPSA) is 29.5 Å². The Morgan fingerprint density at radius 3 is 2.86 bits per heavy atom. The number of halogens is 1. The van der Waals surface area contributed by atoms with Crippen LogP contribution in [-0.4, -0.2) is 37.4 Å². The van der Waals surface area contributed by atoms with Crippen molar-refractivity contribution in [3.63, 3.8) is 0 Å². The number of Topliss-reactive ketones (excluding diaryl/α,β-unsaturated/α-hetero) is 1. The summed E-state index contributed by atoms with van der Waals surface area (Å²) in [4.78, 5) is 14.9. The summed E-state index contributed by atoms with van der Waals surface area (Å²) in [6, 6.07) is 4.46. The molecule has 1 aromatic carbocycles. The van der Waals surface area contributed by atoms with E-state index in [1.54, 1.807) is 6.07 Å². The van der Waals surface area contributed by atoms with Gasteiger partial charge in [-0.05, 0) is 51.4 Å². The Labute approximate surface area is 131 Å². The zero-order valence-electron chi connectivity index (χ0n) is 13.6. The molecule has 1 atom stereocenters. The molecule has 120 valence electrons. The van der Waals surface area contributed by atoms with Crippen molar-refractivity contribution in [3.05, 3.63) is 41.2 Å². The number of carbonyl (C=O) groups excluding carboxylic acids is 1. The third kappa shape index (κ3) is 4.17. The number of likely N-dealkylation sites (tertiary alicyclic amines) is 1. The van der Waals surface area contributed by atoms with Gasteiger partial charge in [0.05, 0.1) is 7.11 Å². The summed E-state index contributed by atoms with van der Waals surface area (Å²) in [5.41, 5.74) is 1.72. The smallest absolute Gasteiger partial charge is 0.167 e. The number of rotatable bonds is 5. The lowest BCUT2D eigenvalue weighted by Crippen LogP contribution is -2.38. The molecule has 0 radical (unpaired) electrons. The van der Waals surface area contributed by atoms with Crippen LogP contribution in [0, 0.1) is 11.7 Å². The van der Waals surface area contributed by atoms with Crippen LogP contribution in [-0.2, 0) is 0 Å². The summed E-state index contributed by atoms with van der Waals surface area (Å²) >= 11 is 0. The van der Waals surface area contributed by atoms with Gasteiger partial charge >= 0.3 is 0 Å². The molecule has 2 rings (SSSR count). The number of ketones is 1. The summed E-state index contributed by atoms with van der Waals surface area (Å²) in [7, 11) is 1.42. The second-order valence-corrected chi connectivity index (χ2v) is 6.09. The van der Waals surface area contributed by atoms with E-state index in [-0.39, 0.29) is 17.5 Å². The molecule has 1 fully saturated rings. The van der Waals surface area contributed by atoms with Crippen LogP contribution < -0.4 is 4.74 Å². The molecule has 1 aromatic rings. The number of carbonyl (C=O) groups is 1. The van der Waals surface area contributed by atoms with Gasteiger partial charge in [-0.15, -0.1) is 0 Å². The number of piperidine rings is 1. The molecule has 22 heavy (non-hydrogen) atoms. The number of hydrogen-bond donors (Lipinski definition) is 0. The normalized spacial score (nSPS) is 18.8. The van der Waals surface area contributed by atoms with Crippen LogP contribution in [0.15, 0.2) is 29.8 Å². The Morgan fingerprint density at radius 2 is 2.23 bits per heavy atom. The first-order valence-electron chi connectivity index (χ1n) is 7.74. The molecule has 1 heterocycles. The average Bonchev–Trinajstić information content (AvgIpc) is 2.52. The summed E-state index contributed by atoms with van der Waals surface area (Å²) in [6.07, 6.45) is 4.06. The van der Waals surface area contributed by atoms with Crippen LogP contribution in [0.1, 0.15) is 37.0 Å². The minimum Gasteiger partial charge on any atom is -0.494 e. The van der Waals surface area contributed by atoms with Gasteiger partial charge in [0.15, 0.2) is 17.3 Å². The van der Waals surface area contributed by atoms with E-state index in [0.29, 0.717) is 5.56 Å². The summed E-state index contributed by atoms with van der Waals surface area (Å²) in [5.74, 6) is -0.327. The van der Waals surface area contributed by atoms with Gasteiger partial charge < -0.3 is 4.74 Å². The van der Waals surface area contributed by atoms with Crippen molar-refractivity contribution in [2.75, 3.05) is 26.7 Å². The lowest BCUT2D eigenvalue weighted by atomic mass is 9.90. The number of nitrogens with zero attached hydrogens (tertiary/aromatic N) is 1. The Kier molecular flexibility index (Phi) is 5.72. The predicted molar refractivity (Wildman–Crippen MR) is 85.9 cm³/mol. The fourth-order valence-electron chi connectivity index (χ4n) is 2.80. The second kappa shape index (κ2) is 7.54. The molecular weight excluding hydrogens is 281 g/mol. The molecule has 0 aromatic heterocycles. The van der Waals surface area contributed by atoms with Crippen molar-refractivity contribution >= 4 is 5.78 Å². The minimum absolute atomic E-state index is 0.0310. The maximum atomic E-state index is 13.8. The van der Waals surface area contributed by atoms with Gasteiger partial charge in [-0.2, -0.15) is 0 Å². The Bertz CT molecular complexity index is 564. The van der Waals surface area contributed by atoms with E-state index < -0.39 is 5.82 Å². The molecule has 0 N–H and O–H groups in total. The number of ether oxygens (including phenoxy) is 1. The summed E-state index contributed by atoms with van der Waals surface area (Å²) < 4.78 is 18.7. The SMILES string of the molecule is COc1ccc(C(=O)[C@H]2CCCN(CC=C(C)C)C2)cc1F. The van der Waals surface area contributed by atoms with Gasteiger partial charge in [0, 0.05) is 24.6 Å². The molecule has 4 heteroatoms. The highest BCUT2D eigenvalue weighted by molar-refractivity contribution is 5.98. The van der Waals surface area contributed by atoms with Crippen molar-refractivity contribution in [3.8, 4) is 5.75 Å². The van der Waals surface area contributed by atoms with Crippen LogP contribution in [0.3, 0.4) is 0 Å². The highest BCUT2D eigenvalue weighted by atomic mass is 19.1. The molecule has 1 aliphatic rings. The molecule has 0 bridgehead atoms. The van der Waals surface area contributed by atoms with Gasteiger partial charge in [0.25, 0.3) is 0 Å². The second-order valence-electron chi connectivity index (χ2n) is 6.09. The molecule has 0 saturated carbocycles. The molecule has 3 nitrogen and oxygen atoms in total. The third-order valence-corrected chi connectivity index (χ3v) is 4.07. The molecule has 1 saturated heterocycles. The Morgan fingerprint density at radius 1 is 1.45 bits per heavy atom. The highest BCUT2D eigenvalue weighted by Gasteiger charge is 2.26. The molecule has 0 aliphatic carbocycles. The monoisotopic (exact) mass is 305 g/mol. The minimum atomic E-state index is -0.481. The number of hydrogen-bond acceptors (Lipinski definition) is 3. The lowest BCUT2D eigenvalue weighted by molar-refractivity contribution is 0.0831. The van der Waals surface area contributed by atoms with Crippen molar-refractivity contribution in [1.82, 2.24) is 4.90 Å². The van der Waals surface area contributed by atoms with E-state index in [2.05, 4.69) is 24.8 Å². The van der Waals surface area contributed by atoms with Gasteiger partial charge in [-0.3, -0.25) is 9.69 Å². The summed E-state index contributed by atoms with van der Waals surface area (Å²) in [5, 5.41) is 0. The number of allylic oxidation sites excluding steroid dienone is 1. The first kappa shape index (κ1) is 16.7. The zero-order valence-corrected chi connectivity index (χ0v) is 13.6. The van der Waals surface area contributed by atoms with Gasteiger partial charge in [-0.25, -0.2) is 4.39 Å². The molecule has 0 unspecified atom stereocenters. The predicted octanol–water partition coefficient (Wildman–Crippen LogP) is 3.70. The van der Waals surface area contributed by atoms with E-state index in [4.69, 9.17) is 4.74 Å². The largest absolute Gasteiger partial charge is 0.494 e. The fourth-order valence-corrected chi connectivity index (χ4v) is 2.80. The van der Waals surface area contributed by atoms with Crippen molar-refractivity contribution in [1.29, 1.82) is 0 Å². The maximum absolute atomic E-state index is 13.8. The van der Waals surface area contributed by atoms with E-state index in [0.717, 1.165) is 32.5 Å². The van der Waals surface area contributed by atoms with Crippen molar-refractivity contribution in [2.24, 2.45) is 5.92 Å². The average molecular weight is 305 g/mol. The van der Waals surface area contributed by atoms with Gasteiger partial charge in [-0.1, -0.05) is 11.6 Å². The standard InChI is InChI=1S/C18H24FNO2/c1-13(2)8-10-20-9-4-5-15(12-20)18(21)14-6-7-17(22-3)16(19)11-14/h6-8,11,15H,4-5,9-10,12H2,1-3H3/t15-/m0/s1. The van der Waals surface area contributed by atoms with Gasteiger partial charge in [0.1, 0.15) is 0 Å². The molecule has 0 spiro atoms. The van der Waals surface area contributed by atoms with Crippen molar-refractivity contribution < 1.29 is 13.9 Å². The molecular formula is C18H24FNO2. The first-order chi connectivity index (χ1) is 10.5. The molecule has 0 amide bonds. The van der Waals surface area contributed by atoms with Gasteiger partial charge in [0.2, 0.25) is 0 Å². The Hall–Kier alpha value is -1.68. The van der Waals surface area contributed by atoms with Crippen molar-refractivity contribution in [2.45, 2.75) is 26.7 Å². The van der Waals surface area contributed by atoms with Crippen LogP contribution in [0.25, 0.3) is 0 Å². The maximum Gasteiger partial charge on any atom is 0.167 e. The number of benzene rings is 1. The lowest BCUT2D eigenvalue weighted by Gasteiger charge is -2.31. The zero-order chi connectivity index (χ0) is 16.1. The fraction of sp³-hybridized carbons (Fsp3) is 0.500. The molecule has 1 aliphatic heterocycles. The third-order valence-electron chi connectivity index (χ3n) is 4.07. The quantitative estimate of drug-likeness (QED) is 0.614. The first-order valence-corrected chi connectivity index (χ1v) is 7.74. The highest BCUT2D eigenvalue weighted by Crippen LogP contribution is 2.24. The van der Waals surface area contributed by atoms with E-state index in [9.17, 15) is 9.18 Å². The van der Waals surface area contributed by atoms with Crippen LogP contribution in [0.2, 0.25) is 0 Å². The number of methoxy groups -OCH3 is 1. The summed E-state index contributed by atoms with van der Waals surface area (Å²) in [6.45, 7) is 6.79.